The smallest absolute Gasteiger partial charge is 0.330 e. The Bertz CT molecular complexity index is 202. The van der Waals surface area contributed by atoms with E-state index in [4.69, 9.17) is 4.74 Å². The van der Waals surface area contributed by atoms with Crippen molar-refractivity contribution in [3.63, 3.8) is 0 Å². The molecule has 0 saturated heterocycles. The van der Waals surface area contributed by atoms with Gasteiger partial charge in [-0.1, -0.05) is 37.8 Å². The predicted octanol–water partition coefficient (Wildman–Crippen LogP) is 2.63. The number of hydrogen-bond acceptors (Lipinski definition) is 2. The molecule has 0 N–H and O–H groups in total. The minimum Gasteiger partial charge on any atom is -0.462 e. The fourth-order valence-corrected chi connectivity index (χ4v) is 0.676. The van der Waals surface area contributed by atoms with Gasteiger partial charge in [0, 0.05) is 6.08 Å². The minimum absolute atomic E-state index is 0.363. The maximum absolute atomic E-state index is 10.6. The first-order chi connectivity index (χ1) is 6.31. The number of allylic oxidation sites excluding steroid dienone is 3. The van der Waals surface area contributed by atoms with Crippen molar-refractivity contribution in [2.45, 2.75) is 19.8 Å². The van der Waals surface area contributed by atoms with Crippen LogP contribution in [0.2, 0.25) is 0 Å². The van der Waals surface area contributed by atoms with E-state index in [0.717, 1.165) is 12.8 Å². The second kappa shape index (κ2) is 8.78. The number of carbonyl (C=O) groups is 1. The minimum atomic E-state index is -0.363. The number of ether oxygens (including phenoxy) is 1. The van der Waals surface area contributed by atoms with E-state index in [0.29, 0.717) is 6.61 Å². The molecule has 0 rings (SSSR count). The van der Waals surface area contributed by atoms with Gasteiger partial charge in [-0.3, -0.25) is 0 Å². The molecule has 0 radical (unpaired) electrons. The molecular weight excluding hydrogens is 164 g/mol. The Hall–Kier alpha value is -1.31. The number of hydrogen-bond donors (Lipinski definition) is 0. The lowest BCUT2D eigenvalue weighted by Crippen LogP contribution is -2.00. The maximum Gasteiger partial charge on any atom is 0.330 e. The molecule has 2 heteroatoms. The van der Waals surface area contributed by atoms with E-state index >= 15 is 0 Å². The zero-order chi connectivity index (χ0) is 9.94. The molecule has 0 unspecified atom stereocenters. The molecule has 0 saturated carbocycles. The Balaban J connectivity index is 3.34. The van der Waals surface area contributed by atoms with Crippen LogP contribution >= 0.6 is 0 Å². The van der Waals surface area contributed by atoms with Crippen molar-refractivity contribution >= 4 is 5.97 Å². The Labute approximate surface area is 79.6 Å². The largest absolute Gasteiger partial charge is 0.462 e. The summed E-state index contributed by atoms with van der Waals surface area (Å²) < 4.78 is 4.77. The molecule has 0 heterocycles. The van der Waals surface area contributed by atoms with E-state index in [9.17, 15) is 4.79 Å². The zero-order valence-electron chi connectivity index (χ0n) is 8.03. The highest BCUT2D eigenvalue weighted by atomic mass is 16.5. The van der Waals surface area contributed by atoms with Crippen molar-refractivity contribution in [1.29, 1.82) is 0 Å². The summed E-state index contributed by atoms with van der Waals surface area (Å²) >= 11 is 0. The lowest BCUT2D eigenvalue weighted by molar-refractivity contribution is -0.137. The van der Waals surface area contributed by atoms with Crippen LogP contribution in [0.1, 0.15) is 19.8 Å². The highest BCUT2D eigenvalue weighted by Crippen LogP contribution is 1.88. The Morgan fingerprint density at radius 2 is 2.08 bits per heavy atom. The van der Waals surface area contributed by atoms with Gasteiger partial charge in [-0.25, -0.2) is 4.79 Å². The summed E-state index contributed by atoms with van der Waals surface area (Å²) in [6, 6.07) is 0. The third-order valence-electron chi connectivity index (χ3n) is 1.31. The van der Waals surface area contributed by atoms with Crippen LogP contribution in [-0.4, -0.2) is 12.6 Å². The zero-order valence-corrected chi connectivity index (χ0v) is 8.03. The number of carbonyl (C=O) groups excluding carboxylic acids is 1. The summed E-state index contributed by atoms with van der Waals surface area (Å²) in [5, 5.41) is 0. The molecular formula is C11H16O2. The van der Waals surface area contributed by atoms with Gasteiger partial charge in [-0.2, -0.15) is 0 Å². The van der Waals surface area contributed by atoms with Crippen molar-refractivity contribution in [3.05, 3.63) is 37.0 Å². The van der Waals surface area contributed by atoms with Crippen molar-refractivity contribution in [1.82, 2.24) is 0 Å². The molecule has 0 aliphatic heterocycles. The van der Waals surface area contributed by atoms with E-state index < -0.39 is 0 Å². The number of rotatable bonds is 6. The van der Waals surface area contributed by atoms with Crippen LogP contribution in [-0.2, 0) is 9.53 Å². The van der Waals surface area contributed by atoms with Gasteiger partial charge < -0.3 is 4.74 Å². The molecule has 0 fully saturated rings. The van der Waals surface area contributed by atoms with Crippen molar-refractivity contribution < 1.29 is 9.53 Å². The Morgan fingerprint density at radius 1 is 1.38 bits per heavy atom. The highest BCUT2D eigenvalue weighted by molar-refractivity contribution is 5.81. The fraction of sp³-hybridized carbons (Fsp3) is 0.364. The highest BCUT2D eigenvalue weighted by Gasteiger charge is 1.90. The van der Waals surface area contributed by atoms with Crippen LogP contribution in [0.5, 0.6) is 0 Å². The summed E-state index contributed by atoms with van der Waals surface area (Å²) in [4.78, 5) is 10.6. The van der Waals surface area contributed by atoms with Gasteiger partial charge in [-0.05, 0) is 12.8 Å². The normalized spacial score (nSPS) is 10.8. The Morgan fingerprint density at radius 3 is 2.69 bits per heavy atom. The van der Waals surface area contributed by atoms with Crippen LogP contribution in [0.15, 0.2) is 37.0 Å². The van der Waals surface area contributed by atoms with Gasteiger partial charge in [-0.15, -0.1) is 0 Å². The molecule has 0 aromatic carbocycles. The van der Waals surface area contributed by atoms with Crippen LogP contribution in [0.3, 0.4) is 0 Å². The maximum atomic E-state index is 10.6. The molecule has 72 valence electrons. The van der Waals surface area contributed by atoms with Crippen molar-refractivity contribution in [3.8, 4) is 0 Å². The van der Waals surface area contributed by atoms with E-state index in [2.05, 4.69) is 19.6 Å². The lowest BCUT2D eigenvalue weighted by Gasteiger charge is -1.96. The molecule has 0 aliphatic carbocycles. The van der Waals surface area contributed by atoms with Crippen LogP contribution in [0.25, 0.3) is 0 Å². The summed E-state index contributed by atoms with van der Waals surface area (Å²) in [6.07, 6.45) is 10.9. The third kappa shape index (κ3) is 8.60. The first kappa shape index (κ1) is 11.7. The van der Waals surface area contributed by atoms with Gasteiger partial charge in [0.15, 0.2) is 0 Å². The monoisotopic (exact) mass is 180 g/mol. The fourth-order valence-electron chi connectivity index (χ4n) is 0.676. The van der Waals surface area contributed by atoms with Crippen molar-refractivity contribution in [2.24, 2.45) is 0 Å². The van der Waals surface area contributed by atoms with Gasteiger partial charge in [0.2, 0.25) is 0 Å². The predicted molar refractivity (Wildman–Crippen MR) is 54.3 cm³/mol. The van der Waals surface area contributed by atoms with Gasteiger partial charge in [0.25, 0.3) is 0 Å². The molecule has 0 atom stereocenters. The topological polar surface area (TPSA) is 26.3 Å². The third-order valence-corrected chi connectivity index (χ3v) is 1.31. The van der Waals surface area contributed by atoms with E-state index in [-0.39, 0.29) is 5.97 Å². The van der Waals surface area contributed by atoms with Crippen LogP contribution < -0.4 is 0 Å². The molecule has 0 aromatic rings. The molecule has 0 aliphatic rings. The molecule has 2 nitrogen and oxygen atoms in total. The molecule has 0 bridgehead atoms. The summed E-state index contributed by atoms with van der Waals surface area (Å²) in [7, 11) is 0. The van der Waals surface area contributed by atoms with Crippen LogP contribution in [0.4, 0.5) is 0 Å². The van der Waals surface area contributed by atoms with E-state index in [1.54, 1.807) is 0 Å². The molecule has 0 spiro atoms. The second-order valence-corrected chi connectivity index (χ2v) is 2.42. The van der Waals surface area contributed by atoms with E-state index in [1.807, 2.05) is 18.2 Å². The van der Waals surface area contributed by atoms with Gasteiger partial charge in [0.1, 0.15) is 0 Å². The SMILES string of the molecule is C=CC(=O)OCCC=CC=CCC. The average Bonchev–Trinajstić information content (AvgIpc) is 2.16. The number of esters is 1. The van der Waals surface area contributed by atoms with E-state index in [1.165, 1.54) is 6.08 Å². The van der Waals surface area contributed by atoms with Crippen molar-refractivity contribution in [2.75, 3.05) is 6.61 Å². The standard InChI is InChI=1S/C11H16O2/c1-3-5-6-7-8-9-10-13-11(12)4-2/h4-8H,2-3,9-10H2,1H3. The summed E-state index contributed by atoms with van der Waals surface area (Å²) in [6.45, 7) is 5.79. The molecule has 0 amide bonds. The molecule has 13 heavy (non-hydrogen) atoms. The summed E-state index contributed by atoms with van der Waals surface area (Å²) in [5.74, 6) is -0.363. The van der Waals surface area contributed by atoms with Gasteiger partial charge in [0.05, 0.1) is 6.61 Å². The second-order valence-electron chi connectivity index (χ2n) is 2.42. The first-order valence-electron chi connectivity index (χ1n) is 4.42. The Kier molecular flexibility index (Phi) is 7.90. The van der Waals surface area contributed by atoms with Gasteiger partial charge >= 0.3 is 5.97 Å². The quantitative estimate of drug-likeness (QED) is 0.272. The molecule has 0 aromatic heterocycles. The summed E-state index contributed by atoms with van der Waals surface area (Å²) in [5.41, 5.74) is 0. The average molecular weight is 180 g/mol. The van der Waals surface area contributed by atoms with Crippen LogP contribution in [0, 0.1) is 0 Å². The lowest BCUT2D eigenvalue weighted by atomic mass is 10.3. The first-order valence-corrected chi connectivity index (χ1v) is 4.42.